The summed E-state index contributed by atoms with van der Waals surface area (Å²) in [5.74, 6) is 0.744. The van der Waals surface area contributed by atoms with Gasteiger partial charge in [-0.05, 0) is 48.5 Å². The number of hydrogen-bond acceptors (Lipinski definition) is 3. The molecule has 0 N–H and O–H groups in total. The Bertz CT molecular complexity index is 515. The minimum absolute atomic E-state index is 0.000913. The molecular formula is C14H12O2S. The van der Waals surface area contributed by atoms with E-state index in [-0.39, 0.29) is 5.78 Å². The number of carbonyl (C=O) groups is 1. The van der Waals surface area contributed by atoms with Gasteiger partial charge in [-0.15, -0.1) is 12.6 Å². The second-order valence-corrected chi connectivity index (χ2v) is 4.12. The van der Waals surface area contributed by atoms with Gasteiger partial charge in [0.2, 0.25) is 0 Å². The lowest BCUT2D eigenvalue weighted by Gasteiger charge is -2.03. The number of hydrogen-bond donors (Lipinski definition) is 1. The van der Waals surface area contributed by atoms with Gasteiger partial charge in [-0.25, -0.2) is 0 Å². The molecule has 2 rings (SSSR count). The third kappa shape index (κ3) is 2.68. The van der Waals surface area contributed by atoms with Gasteiger partial charge in [0.25, 0.3) is 0 Å². The lowest BCUT2D eigenvalue weighted by Crippen LogP contribution is -2.00. The van der Waals surface area contributed by atoms with Gasteiger partial charge >= 0.3 is 0 Å². The largest absolute Gasteiger partial charge is 0.497 e. The maximum atomic E-state index is 12.1. The monoisotopic (exact) mass is 244 g/mol. The average molecular weight is 244 g/mol. The number of benzene rings is 2. The molecule has 0 fully saturated rings. The Morgan fingerprint density at radius 1 is 0.941 bits per heavy atom. The number of ketones is 1. The van der Waals surface area contributed by atoms with Crippen molar-refractivity contribution in [1.29, 1.82) is 0 Å². The SMILES string of the molecule is COc1ccc(C(=O)c2ccc(S)cc2)cc1. The predicted molar refractivity (Wildman–Crippen MR) is 70.1 cm³/mol. The standard InChI is InChI=1S/C14H12O2S/c1-16-12-6-2-10(3-7-12)14(15)11-4-8-13(17)9-5-11/h2-9,17H,1H3. The summed E-state index contributed by atoms with van der Waals surface area (Å²) < 4.78 is 5.05. The van der Waals surface area contributed by atoms with Crippen molar-refractivity contribution in [3.63, 3.8) is 0 Å². The van der Waals surface area contributed by atoms with Crippen LogP contribution in [-0.2, 0) is 0 Å². The quantitative estimate of drug-likeness (QED) is 0.663. The zero-order valence-electron chi connectivity index (χ0n) is 9.38. The lowest BCUT2D eigenvalue weighted by atomic mass is 10.0. The highest BCUT2D eigenvalue weighted by molar-refractivity contribution is 7.80. The Morgan fingerprint density at radius 3 is 1.88 bits per heavy atom. The van der Waals surface area contributed by atoms with Crippen molar-refractivity contribution in [3.05, 3.63) is 59.7 Å². The molecule has 0 saturated carbocycles. The van der Waals surface area contributed by atoms with Crippen LogP contribution < -0.4 is 4.74 Å². The van der Waals surface area contributed by atoms with Crippen LogP contribution in [0.2, 0.25) is 0 Å². The fourth-order valence-electron chi connectivity index (χ4n) is 1.52. The van der Waals surface area contributed by atoms with Crippen molar-refractivity contribution < 1.29 is 9.53 Å². The molecule has 0 amide bonds. The Morgan fingerprint density at radius 2 is 1.41 bits per heavy atom. The van der Waals surface area contributed by atoms with Gasteiger partial charge in [-0.3, -0.25) is 4.79 Å². The summed E-state index contributed by atoms with van der Waals surface area (Å²) in [6, 6.07) is 14.2. The topological polar surface area (TPSA) is 26.3 Å². The van der Waals surface area contributed by atoms with Crippen LogP contribution in [0.3, 0.4) is 0 Å². The first-order chi connectivity index (χ1) is 8.20. The molecule has 0 aliphatic rings. The van der Waals surface area contributed by atoms with E-state index in [1.807, 2.05) is 0 Å². The van der Waals surface area contributed by atoms with E-state index in [2.05, 4.69) is 12.6 Å². The van der Waals surface area contributed by atoms with Crippen LogP contribution in [0.5, 0.6) is 5.75 Å². The first kappa shape index (κ1) is 11.7. The van der Waals surface area contributed by atoms with E-state index < -0.39 is 0 Å². The molecule has 2 nitrogen and oxygen atoms in total. The number of rotatable bonds is 3. The number of thiol groups is 1. The van der Waals surface area contributed by atoms with E-state index >= 15 is 0 Å². The molecule has 3 heteroatoms. The van der Waals surface area contributed by atoms with Gasteiger partial charge in [0, 0.05) is 16.0 Å². The van der Waals surface area contributed by atoms with Crippen molar-refractivity contribution in [2.24, 2.45) is 0 Å². The maximum absolute atomic E-state index is 12.1. The molecule has 0 heterocycles. The molecule has 0 unspecified atom stereocenters. The van der Waals surface area contributed by atoms with E-state index in [0.29, 0.717) is 11.1 Å². The molecule has 0 bridgehead atoms. The fourth-order valence-corrected chi connectivity index (χ4v) is 1.67. The Hall–Kier alpha value is -1.74. The van der Waals surface area contributed by atoms with Gasteiger partial charge in [-0.1, -0.05) is 0 Å². The first-order valence-electron chi connectivity index (χ1n) is 5.18. The van der Waals surface area contributed by atoms with Crippen LogP contribution in [0.25, 0.3) is 0 Å². The summed E-state index contributed by atoms with van der Waals surface area (Å²) in [5, 5.41) is 0. The smallest absolute Gasteiger partial charge is 0.193 e. The minimum Gasteiger partial charge on any atom is -0.497 e. The number of methoxy groups -OCH3 is 1. The molecule has 17 heavy (non-hydrogen) atoms. The Labute approximate surface area is 106 Å². The summed E-state index contributed by atoms with van der Waals surface area (Å²) >= 11 is 4.19. The molecule has 86 valence electrons. The van der Waals surface area contributed by atoms with E-state index in [9.17, 15) is 4.79 Å². The maximum Gasteiger partial charge on any atom is 0.193 e. The molecule has 0 atom stereocenters. The molecule has 0 aliphatic carbocycles. The van der Waals surface area contributed by atoms with Gasteiger partial charge in [0.15, 0.2) is 5.78 Å². The molecular weight excluding hydrogens is 232 g/mol. The molecule has 0 saturated heterocycles. The van der Waals surface area contributed by atoms with Crippen molar-refractivity contribution in [1.82, 2.24) is 0 Å². The summed E-state index contributed by atoms with van der Waals surface area (Å²) in [4.78, 5) is 12.9. The van der Waals surface area contributed by atoms with Crippen LogP contribution in [0.4, 0.5) is 0 Å². The zero-order valence-corrected chi connectivity index (χ0v) is 10.3. The van der Waals surface area contributed by atoms with Gasteiger partial charge in [-0.2, -0.15) is 0 Å². The normalized spacial score (nSPS) is 10.0. The van der Waals surface area contributed by atoms with Crippen molar-refractivity contribution in [3.8, 4) is 5.75 Å². The highest BCUT2D eigenvalue weighted by atomic mass is 32.1. The molecule has 0 spiro atoms. The van der Waals surface area contributed by atoms with Gasteiger partial charge in [0.05, 0.1) is 7.11 Å². The molecule has 0 aliphatic heterocycles. The van der Waals surface area contributed by atoms with Crippen LogP contribution in [0.15, 0.2) is 53.4 Å². The van der Waals surface area contributed by atoms with E-state index in [1.165, 1.54) is 0 Å². The third-order valence-corrected chi connectivity index (χ3v) is 2.78. The summed E-state index contributed by atoms with van der Waals surface area (Å²) in [6.07, 6.45) is 0. The predicted octanol–water partition coefficient (Wildman–Crippen LogP) is 3.21. The van der Waals surface area contributed by atoms with Crippen LogP contribution in [0, 0.1) is 0 Å². The van der Waals surface area contributed by atoms with Crippen molar-refractivity contribution in [2.75, 3.05) is 7.11 Å². The van der Waals surface area contributed by atoms with E-state index in [1.54, 1.807) is 55.6 Å². The van der Waals surface area contributed by atoms with Crippen molar-refractivity contribution >= 4 is 18.4 Å². The summed E-state index contributed by atoms with van der Waals surface area (Å²) in [5.41, 5.74) is 1.31. The lowest BCUT2D eigenvalue weighted by molar-refractivity contribution is 0.103. The zero-order chi connectivity index (χ0) is 12.3. The second-order valence-electron chi connectivity index (χ2n) is 3.60. The molecule has 2 aromatic carbocycles. The van der Waals surface area contributed by atoms with Gasteiger partial charge in [0.1, 0.15) is 5.75 Å². The Kier molecular flexibility index (Phi) is 3.49. The van der Waals surface area contributed by atoms with Gasteiger partial charge < -0.3 is 4.74 Å². The minimum atomic E-state index is 0.000913. The molecule has 0 aromatic heterocycles. The van der Waals surface area contributed by atoms with E-state index in [0.717, 1.165) is 10.6 Å². The first-order valence-corrected chi connectivity index (χ1v) is 5.63. The number of ether oxygens (including phenoxy) is 1. The summed E-state index contributed by atoms with van der Waals surface area (Å²) in [7, 11) is 1.60. The van der Waals surface area contributed by atoms with Crippen molar-refractivity contribution in [2.45, 2.75) is 4.90 Å². The van der Waals surface area contributed by atoms with E-state index in [4.69, 9.17) is 4.74 Å². The fraction of sp³-hybridized carbons (Fsp3) is 0.0714. The van der Waals surface area contributed by atoms with Crippen LogP contribution in [0.1, 0.15) is 15.9 Å². The van der Waals surface area contributed by atoms with Crippen LogP contribution >= 0.6 is 12.6 Å². The Balaban J connectivity index is 2.27. The third-order valence-electron chi connectivity index (χ3n) is 2.48. The second kappa shape index (κ2) is 5.06. The number of carbonyl (C=O) groups excluding carboxylic acids is 1. The summed E-state index contributed by atoms with van der Waals surface area (Å²) in [6.45, 7) is 0. The van der Waals surface area contributed by atoms with Crippen LogP contribution in [-0.4, -0.2) is 12.9 Å². The molecule has 0 radical (unpaired) electrons. The average Bonchev–Trinajstić information content (AvgIpc) is 2.39. The highest BCUT2D eigenvalue weighted by Crippen LogP contribution is 2.16. The highest BCUT2D eigenvalue weighted by Gasteiger charge is 2.08. The molecule has 2 aromatic rings.